The van der Waals surface area contributed by atoms with E-state index in [0.717, 1.165) is 5.56 Å². The minimum Gasteiger partial charge on any atom is -0.493 e. The van der Waals surface area contributed by atoms with Crippen LogP contribution in [0.4, 0.5) is 9.52 Å². The Morgan fingerprint density at radius 1 is 1.10 bits per heavy atom. The van der Waals surface area contributed by atoms with E-state index in [1.807, 2.05) is 0 Å². The van der Waals surface area contributed by atoms with Crippen molar-refractivity contribution in [2.75, 3.05) is 26.1 Å². The fourth-order valence-corrected chi connectivity index (χ4v) is 3.23. The molecule has 3 rings (SSSR count). The second-order valence-electron chi connectivity index (χ2n) is 5.71. The van der Waals surface area contributed by atoms with Gasteiger partial charge in [-0.15, -0.1) is 11.3 Å². The van der Waals surface area contributed by atoms with Gasteiger partial charge in [0, 0.05) is 10.9 Å². The molecule has 0 atom stereocenters. The van der Waals surface area contributed by atoms with E-state index in [1.165, 1.54) is 43.8 Å². The molecule has 29 heavy (non-hydrogen) atoms. The van der Waals surface area contributed by atoms with E-state index in [0.29, 0.717) is 16.6 Å². The number of benzene rings is 2. The molecular formula is C20H17FN2O5S. The molecule has 1 amide bonds. The van der Waals surface area contributed by atoms with E-state index in [4.69, 9.17) is 14.2 Å². The van der Waals surface area contributed by atoms with Gasteiger partial charge in [0.15, 0.2) is 23.2 Å². The summed E-state index contributed by atoms with van der Waals surface area (Å²) in [7, 11) is 2.86. The van der Waals surface area contributed by atoms with Crippen LogP contribution in [0.1, 0.15) is 10.4 Å². The average molecular weight is 416 g/mol. The Bertz CT molecular complexity index is 1020. The van der Waals surface area contributed by atoms with Crippen molar-refractivity contribution in [2.24, 2.45) is 0 Å². The molecular weight excluding hydrogens is 399 g/mol. The maximum atomic E-state index is 13.0. The normalized spacial score (nSPS) is 10.3. The van der Waals surface area contributed by atoms with Gasteiger partial charge in [0.25, 0.3) is 5.91 Å². The smallest absolute Gasteiger partial charge is 0.342 e. The summed E-state index contributed by atoms with van der Waals surface area (Å²) in [6, 6.07) is 10.6. The molecule has 3 aromatic rings. The number of anilines is 1. The molecule has 150 valence electrons. The number of para-hydroxylation sites is 1. The number of amides is 1. The maximum absolute atomic E-state index is 13.0. The zero-order valence-electron chi connectivity index (χ0n) is 15.6. The second-order valence-corrected chi connectivity index (χ2v) is 6.57. The monoisotopic (exact) mass is 416 g/mol. The van der Waals surface area contributed by atoms with Crippen molar-refractivity contribution in [1.29, 1.82) is 0 Å². The molecule has 0 aliphatic carbocycles. The first-order valence-corrected chi connectivity index (χ1v) is 9.29. The van der Waals surface area contributed by atoms with Gasteiger partial charge in [0.2, 0.25) is 0 Å². The summed E-state index contributed by atoms with van der Waals surface area (Å²) < 4.78 is 28.4. The van der Waals surface area contributed by atoms with Crippen LogP contribution >= 0.6 is 11.3 Å². The molecule has 0 aliphatic rings. The molecule has 0 aliphatic heterocycles. The van der Waals surface area contributed by atoms with Gasteiger partial charge in [-0.3, -0.25) is 10.1 Å². The minimum absolute atomic E-state index is 0.146. The van der Waals surface area contributed by atoms with Crippen molar-refractivity contribution in [2.45, 2.75) is 0 Å². The summed E-state index contributed by atoms with van der Waals surface area (Å²) in [6.45, 7) is -0.495. The lowest BCUT2D eigenvalue weighted by Gasteiger charge is -2.11. The molecule has 0 saturated heterocycles. The first-order chi connectivity index (χ1) is 14.0. The summed E-state index contributed by atoms with van der Waals surface area (Å²) in [5, 5.41) is 4.63. The Morgan fingerprint density at radius 2 is 1.86 bits per heavy atom. The first kappa shape index (κ1) is 20.3. The number of halogens is 1. The van der Waals surface area contributed by atoms with E-state index in [1.54, 1.807) is 29.6 Å². The van der Waals surface area contributed by atoms with Gasteiger partial charge in [-0.25, -0.2) is 14.2 Å². The lowest BCUT2D eigenvalue weighted by Crippen LogP contribution is -2.21. The van der Waals surface area contributed by atoms with E-state index in [-0.39, 0.29) is 17.1 Å². The van der Waals surface area contributed by atoms with Crippen LogP contribution < -0.4 is 14.8 Å². The Morgan fingerprint density at radius 3 is 2.55 bits per heavy atom. The summed E-state index contributed by atoms with van der Waals surface area (Å²) in [5.74, 6) is -0.999. The largest absolute Gasteiger partial charge is 0.493 e. The zero-order valence-corrected chi connectivity index (χ0v) is 16.4. The maximum Gasteiger partial charge on any atom is 0.342 e. The molecule has 7 nitrogen and oxygen atoms in total. The highest BCUT2D eigenvalue weighted by Crippen LogP contribution is 2.31. The highest BCUT2D eigenvalue weighted by Gasteiger charge is 2.19. The Kier molecular flexibility index (Phi) is 6.40. The number of methoxy groups -OCH3 is 2. The number of esters is 1. The van der Waals surface area contributed by atoms with Crippen molar-refractivity contribution >= 4 is 28.3 Å². The fourth-order valence-electron chi connectivity index (χ4n) is 2.50. The van der Waals surface area contributed by atoms with Crippen LogP contribution in [0.25, 0.3) is 11.3 Å². The molecule has 0 unspecified atom stereocenters. The third-order valence-electron chi connectivity index (χ3n) is 3.85. The predicted octanol–water partition coefficient (Wildman–Crippen LogP) is 3.76. The topological polar surface area (TPSA) is 86.8 Å². The Hall–Kier alpha value is -3.46. The van der Waals surface area contributed by atoms with E-state index in [2.05, 4.69) is 10.3 Å². The summed E-state index contributed by atoms with van der Waals surface area (Å²) >= 11 is 1.20. The first-order valence-electron chi connectivity index (χ1n) is 8.41. The number of nitrogens with zero attached hydrogens (tertiary/aromatic N) is 1. The van der Waals surface area contributed by atoms with E-state index in [9.17, 15) is 14.0 Å². The van der Waals surface area contributed by atoms with Crippen LogP contribution in [0.3, 0.4) is 0 Å². The van der Waals surface area contributed by atoms with Crippen LogP contribution in [0, 0.1) is 5.82 Å². The standard InChI is InChI=1S/C20H17FN2O5S/c1-26-16-5-3-4-14(18(16)27-2)19(25)28-10-17(24)23-20-22-15(11-29-20)12-6-8-13(21)9-7-12/h3-9,11H,10H2,1-2H3,(H,22,23,24). The lowest BCUT2D eigenvalue weighted by atomic mass is 10.2. The number of carbonyl (C=O) groups excluding carboxylic acids is 2. The molecule has 2 aromatic carbocycles. The predicted molar refractivity (Wildman–Crippen MR) is 106 cm³/mol. The molecule has 9 heteroatoms. The molecule has 0 bridgehead atoms. The molecule has 0 saturated carbocycles. The lowest BCUT2D eigenvalue weighted by molar-refractivity contribution is -0.119. The number of nitrogens with one attached hydrogen (secondary N) is 1. The number of thiazole rings is 1. The highest BCUT2D eigenvalue weighted by atomic mass is 32.1. The quantitative estimate of drug-likeness (QED) is 0.590. The SMILES string of the molecule is COc1cccc(C(=O)OCC(=O)Nc2nc(-c3ccc(F)cc3)cs2)c1OC. The average Bonchev–Trinajstić information content (AvgIpc) is 3.20. The molecule has 1 heterocycles. The molecule has 0 fully saturated rings. The van der Waals surface area contributed by atoms with Gasteiger partial charge in [-0.1, -0.05) is 6.07 Å². The van der Waals surface area contributed by atoms with Crippen molar-refractivity contribution in [3.8, 4) is 22.8 Å². The van der Waals surface area contributed by atoms with Crippen molar-refractivity contribution in [3.05, 3.63) is 59.2 Å². The zero-order chi connectivity index (χ0) is 20.8. The molecule has 0 radical (unpaired) electrons. The van der Waals surface area contributed by atoms with Gasteiger partial charge in [0.1, 0.15) is 11.4 Å². The minimum atomic E-state index is -0.720. The summed E-state index contributed by atoms with van der Waals surface area (Å²) in [6.07, 6.45) is 0. The number of hydrogen-bond acceptors (Lipinski definition) is 7. The Labute approximate surface area is 170 Å². The van der Waals surface area contributed by atoms with Gasteiger partial charge >= 0.3 is 5.97 Å². The molecule has 0 spiro atoms. The van der Waals surface area contributed by atoms with Crippen LogP contribution in [0.5, 0.6) is 11.5 Å². The summed E-state index contributed by atoms with van der Waals surface area (Å²) in [5.41, 5.74) is 1.47. The van der Waals surface area contributed by atoms with Crippen molar-refractivity contribution in [1.82, 2.24) is 4.98 Å². The van der Waals surface area contributed by atoms with Crippen molar-refractivity contribution in [3.63, 3.8) is 0 Å². The number of carbonyl (C=O) groups is 2. The van der Waals surface area contributed by atoms with Crippen LogP contribution in [-0.4, -0.2) is 37.7 Å². The van der Waals surface area contributed by atoms with Gasteiger partial charge in [0.05, 0.1) is 19.9 Å². The van der Waals surface area contributed by atoms with Crippen LogP contribution in [-0.2, 0) is 9.53 Å². The second kappa shape index (κ2) is 9.16. The third-order valence-corrected chi connectivity index (χ3v) is 4.61. The Balaban J connectivity index is 1.59. The number of rotatable bonds is 7. The van der Waals surface area contributed by atoms with Crippen LogP contribution in [0.15, 0.2) is 47.8 Å². The fraction of sp³-hybridized carbons (Fsp3) is 0.150. The summed E-state index contributed by atoms with van der Waals surface area (Å²) in [4.78, 5) is 28.6. The van der Waals surface area contributed by atoms with E-state index >= 15 is 0 Å². The number of aromatic nitrogens is 1. The number of hydrogen-bond donors (Lipinski definition) is 1. The van der Waals surface area contributed by atoms with Crippen molar-refractivity contribution < 1.29 is 28.2 Å². The van der Waals surface area contributed by atoms with Crippen LogP contribution in [0.2, 0.25) is 0 Å². The highest BCUT2D eigenvalue weighted by molar-refractivity contribution is 7.14. The molecule has 1 aromatic heterocycles. The van der Waals surface area contributed by atoms with E-state index < -0.39 is 18.5 Å². The van der Waals surface area contributed by atoms with Gasteiger partial charge in [-0.05, 0) is 36.4 Å². The number of ether oxygens (including phenoxy) is 3. The molecule has 1 N–H and O–H groups in total. The third kappa shape index (κ3) is 4.88. The van der Waals surface area contributed by atoms with Gasteiger partial charge in [-0.2, -0.15) is 0 Å². The van der Waals surface area contributed by atoms with Gasteiger partial charge < -0.3 is 14.2 Å².